The van der Waals surface area contributed by atoms with E-state index >= 15 is 0 Å². The van der Waals surface area contributed by atoms with E-state index in [1.54, 1.807) is 41.3 Å². The van der Waals surface area contributed by atoms with Crippen molar-refractivity contribution in [3.63, 3.8) is 0 Å². The molecule has 2 amide bonds. The molecule has 0 radical (unpaired) electrons. The number of amides is 2. The van der Waals surface area contributed by atoms with Gasteiger partial charge in [0.1, 0.15) is 11.9 Å². The molecule has 2 aromatic carbocycles. The molecule has 1 saturated heterocycles. The molecule has 0 unspecified atom stereocenters. The maximum atomic E-state index is 12.6. The van der Waals surface area contributed by atoms with Crippen LogP contribution in [0, 0.1) is 5.41 Å². The van der Waals surface area contributed by atoms with Crippen molar-refractivity contribution in [1.82, 2.24) is 10.2 Å². The first-order valence-electron chi connectivity index (χ1n) is 10.8. The van der Waals surface area contributed by atoms with Gasteiger partial charge >= 0.3 is 24.3 Å². The van der Waals surface area contributed by atoms with Crippen molar-refractivity contribution >= 4 is 35.3 Å². The van der Waals surface area contributed by atoms with Gasteiger partial charge in [-0.2, -0.15) is 26.3 Å². The average molecular weight is 579 g/mol. The van der Waals surface area contributed by atoms with Crippen molar-refractivity contribution in [2.24, 2.45) is 5.73 Å². The molecule has 0 saturated carbocycles. The third kappa shape index (κ3) is 10.9. The van der Waals surface area contributed by atoms with E-state index in [2.05, 4.69) is 5.32 Å². The Balaban J connectivity index is 0.000000473. The molecule has 3 rings (SSSR count). The fourth-order valence-electron chi connectivity index (χ4n) is 3.01. The number of nitrogens with zero attached hydrogens (tertiary/aromatic N) is 1. The largest absolute Gasteiger partial charge is 0.490 e. The molecule has 1 heterocycles. The molecule has 17 heteroatoms. The number of aliphatic carboxylic acids is 2. The fraction of sp³-hybridized carbons (Fsp3) is 0.261. The van der Waals surface area contributed by atoms with Gasteiger partial charge in [0.2, 0.25) is 5.91 Å². The monoisotopic (exact) mass is 579 g/mol. The minimum atomic E-state index is -5.08. The van der Waals surface area contributed by atoms with Crippen molar-refractivity contribution in [3.8, 4) is 0 Å². The van der Waals surface area contributed by atoms with Crippen molar-refractivity contribution in [2.75, 3.05) is 12.3 Å². The second kappa shape index (κ2) is 13.8. The second-order valence-corrected chi connectivity index (χ2v) is 7.92. The Morgan fingerprint density at radius 1 is 0.950 bits per heavy atom. The van der Waals surface area contributed by atoms with Crippen molar-refractivity contribution in [3.05, 3.63) is 65.2 Å². The lowest BCUT2D eigenvalue weighted by Crippen LogP contribution is -2.41. The smallest absolute Gasteiger partial charge is 0.475 e. The number of carboxylic acid groups (broad SMARTS) is 2. The zero-order chi connectivity index (χ0) is 30.8. The maximum Gasteiger partial charge on any atom is 0.490 e. The Labute approximate surface area is 221 Å². The topological polar surface area (TPSA) is 200 Å². The first kappa shape index (κ1) is 33.2. The Bertz CT molecular complexity index is 1230. The van der Waals surface area contributed by atoms with E-state index in [4.69, 9.17) is 36.7 Å². The van der Waals surface area contributed by atoms with Gasteiger partial charge in [-0.25, -0.2) is 9.59 Å². The highest BCUT2D eigenvalue weighted by Crippen LogP contribution is 2.17. The molecule has 0 bridgehead atoms. The van der Waals surface area contributed by atoms with Crippen LogP contribution in [-0.4, -0.2) is 69.6 Å². The van der Waals surface area contributed by atoms with Crippen LogP contribution >= 0.6 is 0 Å². The van der Waals surface area contributed by atoms with Gasteiger partial charge in [-0.15, -0.1) is 0 Å². The van der Waals surface area contributed by atoms with Crippen LogP contribution in [0.25, 0.3) is 0 Å². The first-order valence-corrected chi connectivity index (χ1v) is 10.8. The summed E-state index contributed by atoms with van der Waals surface area (Å²) in [5.41, 5.74) is 13.7. The highest BCUT2D eigenvalue weighted by atomic mass is 19.4. The molecule has 0 aliphatic carbocycles. The molecule has 2 aromatic rings. The number of rotatable bonds is 5. The molecule has 8 N–H and O–H groups in total. The quantitative estimate of drug-likeness (QED) is 0.134. The van der Waals surface area contributed by atoms with Crippen LogP contribution in [0.4, 0.5) is 32.0 Å². The van der Waals surface area contributed by atoms with Crippen LogP contribution in [0.5, 0.6) is 0 Å². The van der Waals surface area contributed by atoms with Crippen molar-refractivity contribution in [1.29, 1.82) is 5.41 Å². The summed E-state index contributed by atoms with van der Waals surface area (Å²) < 4.78 is 63.5. The third-order valence-corrected chi connectivity index (χ3v) is 4.85. The van der Waals surface area contributed by atoms with Gasteiger partial charge in [-0.3, -0.25) is 15.0 Å². The Morgan fingerprint density at radius 2 is 1.45 bits per heavy atom. The number of amidine groups is 1. The summed E-state index contributed by atoms with van der Waals surface area (Å²) in [6, 6.07) is 13.4. The number of likely N-dealkylation sites (tertiary alicyclic amines) is 1. The van der Waals surface area contributed by atoms with Crippen LogP contribution in [0.2, 0.25) is 0 Å². The highest BCUT2D eigenvalue weighted by molar-refractivity contribution is 5.98. The van der Waals surface area contributed by atoms with Gasteiger partial charge in [0.25, 0.3) is 5.91 Å². The number of nitrogens with two attached hydrogens (primary N) is 2. The number of alkyl halides is 6. The SMILES string of the molecule is N=C(N)c1cccc(CN2CC[C@H](NC(=O)c3cccc(N)c3)C2=O)c1.O=C(O)C(F)(F)F.O=C(O)C(F)(F)F. The van der Waals surface area contributed by atoms with Gasteiger partial charge in [-0.05, 0) is 36.2 Å². The van der Waals surface area contributed by atoms with Crippen LogP contribution in [-0.2, 0) is 20.9 Å². The number of nitrogens with one attached hydrogen (secondary N) is 2. The highest BCUT2D eigenvalue weighted by Gasteiger charge is 2.39. The summed E-state index contributed by atoms with van der Waals surface area (Å²) in [7, 11) is 0. The van der Waals surface area contributed by atoms with Crippen LogP contribution < -0.4 is 16.8 Å². The van der Waals surface area contributed by atoms with E-state index in [-0.39, 0.29) is 17.6 Å². The Morgan fingerprint density at radius 3 is 1.93 bits per heavy atom. The predicted molar refractivity (Wildman–Crippen MR) is 127 cm³/mol. The number of carbonyl (C=O) groups is 4. The number of anilines is 1. The van der Waals surface area contributed by atoms with Gasteiger partial charge in [0, 0.05) is 29.9 Å². The van der Waals surface area contributed by atoms with Crippen molar-refractivity contribution < 1.29 is 55.7 Å². The number of hydrogen-bond acceptors (Lipinski definition) is 6. The van der Waals surface area contributed by atoms with E-state index in [1.165, 1.54) is 0 Å². The van der Waals surface area contributed by atoms with E-state index < -0.39 is 30.3 Å². The lowest BCUT2D eigenvalue weighted by atomic mass is 10.1. The minimum Gasteiger partial charge on any atom is -0.475 e. The number of benzene rings is 2. The first-order chi connectivity index (χ1) is 18.3. The standard InChI is InChI=1S/C19H21N5O2.2C2HF3O2/c20-15-6-2-5-14(10-15)18(25)23-16-7-8-24(19(16)26)11-12-3-1-4-13(9-12)17(21)22;2*3-2(4,5)1(6)7/h1-6,9-10,16H,7-8,11,20H2,(H3,21,22)(H,23,25);2*(H,6,7)/t16-;;/m0../s1. The molecule has 218 valence electrons. The van der Waals surface area contributed by atoms with E-state index in [9.17, 15) is 35.9 Å². The molecule has 1 aliphatic heterocycles. The number of hydrogen-bond donors (Lipinski definition) is 6. The van der Waals surface area contributed by atoms with Gasteiger partial charge in [-0.1, -0.05) is 24.3 Å². The molecule has 1 aliphatic rings. The molecule has 0 aromatic heterocycles. The van der Waals surface area contributed by atoms with Gasteiger partial charge < -0.3 is 31.9 Å². The van der Waals surface area contributed by atoms with Crippen LogP contribution in [0.3, 0.4) is 0 Å². The maximum absolute atomic E-state index is 12.6. The Kier molecular flexibility index (Phi) is 11.5. The molecular formula is C23H23F6N5O6. The van der Waals surface area contributed by atoms with Gasteiger partial charge in [0.05, 0.1) is 0 Å². The van der Waals surface area contributed by atoms with Crippen LogP contribution in [0.1, 0.15) is 27.9 Å². The average Bonchev–Trinajstić information content (AvgIpc) is 3.17. The molecule has 1 atom stereocenters. The summed E-state index contributed by atoms with van der Waals surface area (Å²) in [6.07, 6.45) is -9.61. The lowest BCUT2D eigenvalue weighted by molar-refractivity contribution is -0.193. The Hall–Kier alpha value is -4.83. The molecular weight excluding hydrogens is 556 g/mol. The minimum absolute atomic E-state index is 0.00753. The molecule has 40 heavy (non-hydrogen) atoms. The van der Waals surface area contributed by atoms with E-state index in [0.717, 1.165) is 5.56 Å². The normalized spacial score (nSPS) is 14.7. The fourth-order valence-corrected chi connectivity index (χ4v) is 3.01. The summed E-state index contributed by atoms with van der Waals surface area (Å²) in [4.78, 5) is 44.4. The summed E-state index contributed by atoms with van der Waals surface area (Å²) in [5.74, 6) is -5.95. The third-order valence-electron chi connectivity index (χ3n) is 4.85. The zero-order valence-corrected chi connectivity index (χ0v) is 20.2. The van der Waals surface area contributed by atoms with Crippen LogP contribution in [0.15, 0.2) is 48.5 Å². The summed E-state index contributed by atoms with van der Waals surface area (Å²) in [6.45, 7) is 0.982. The summed E-state index contributed by atoms with van der Waals surface area (Å²) in [5, 5.41) is 24.5. The lowest BCUT2D eigenvalue weighted by Gasteiger charge is -2.18. The predicted octanol–water partition coefficient (Wildman–Crippen LogP) is 2.35. The van der Waals surface area contributed by atoms with Crippen molar-refractivity contribution in [2.45, 2.75) is 31.4 Å². The second-order valence-electron chi connectivity index (χ2n) is 7.92. The number of nitrogen functional groups attached to an aromatic ring is 2. The molecule has 1 fully saturated rings. The molecule has 0 spiro atoms. The number of carboxylic acids is 2. The number of halogens is 6. The summed E-state index contributed by atoms with van der Waals surface area (Å²) >= 11 is 0. The van der Waals surface area contributed by atoms with Gasteiger partial charge in [0.15, 0.2) is 0 Å². The molecule has 11 nitrogen and oxygen atoms in total. The van der Waals surface area contributed by atoms with E-state index in [1.807, 2.05) is 12.1 Å². The number of carbonyl (C=O) groups excluding carboxylic acids is 2. The zero-order valence-electron chi connectivity index (χ0n) is 20.2. The van der Waals surface area contributed by atoms with E-state index in [0.29, 0.717) is 36.3 Å².